The largest absolute Gasteiger partial charge is 0.495 e. The first-order chi connectivity index (χ1) is 10.1. The van der Waals surface area contributed by atoms with E-state index in [9.17, 15) is 0 Å². The molecule has 0 spiro atoms. The van der Waals surface area contributed by atoms with Gasteiger partial charge in [0.15, 0.2) is 0 Å². The van der Waals surface area contributed by atoms with Gasteiger partial charge in [0.1, 0.15) is 5.75 Å². The Balaban J connectivity index is 1.80. The molecule has 0 aliphatic carbocycles. The number of hydrogen-bond acceptors (Lipinski definition) is 3. The summed E-state index contributed by atoms with van der Waals surface area (Å²) in [4.78, 5) is 6.94. The fourth-order valence-electron chi connectivity index (χ4n) is 2.96. The van der Waals surface area contributed by atoms with Gasteiger partial charge in [-0.25, -0.2) is 4.98 Å². The average Bonchev–Trinajstić information content (AvgIpc) is 2.87. The minimum Gasteiger partial charge on any atom is -0.495 e. The fourth-order valence-corrected chi connectivity index (χ4v) is 3.23. The number of aryl methyl sites for hydroxylation is 1. The number of benzene rings is 1. The molecule has 1 aromatic carbocycles. The summed E-state index contributed by atoms with van der Waals surface area (Å²) in [7, 11) is 3.70. The highest BCUT2D eigenvalue weighted by Crippen LogP contribution is 2.31. The molecule has 0 radical (unpaired) electrons. The van der Waals surface area contributed by atoms with Crippen molar-refractivity contribution < 1.29 is 4.74 Å². The average molecular weight is 306 g/mol. The minimum absolute atomic E-state index is 0.309. The third kappa shape index (κ3) is 2.65. The van der Waals surface area contributed by atoms with E-state index in [0.29, 0.717) is 11.1 Å². The summed E-state index contributed by atoms with van der Waals surface area (Å²) in [6, 6.07) is 6.33. The first-order valence-corrected chi connectivity index (χ1v) is 7.54. The molecule has 0 fully saturated rings. The Morgan fingerprint density at radius 2 is 2.19 bits per heavy atom. The highest BCUT2D eigenvalue weighted by atomic mass is 35.5. The molecule has 1 aliphatic rings. The highest BCUT2D eigenvalue weighted by Gasteiger charge is 2.24. The predicted octanol–water partition coefficient (Wildman–Crippen LogP) is 3.20. The van der Waals surface area contributed by atoms with Gasteiger partial charge in [0, 0.05) is 38.3 Å². The van der Waals surface area contributed by atoms with Crippen LogP contribution in [0.4, 0.5) is 0 Å². The molecule has 2 aromatic rings. The highest BCUT2D eigenvalue weighted by molar-refractivity contribution is 6.32. The summed E-state index contributed by atoms with van der Waals surface area (Å²) in [6.07, 6.45) is 2.95. The summed E-state index contributed by atoms with van der Waals surface area (Å²) < 4.78 is 7.34. The fraction of sp³-hybridized carbons (Fsp3) is 0.438. The molecule has 0 saturated carbocycles. The van der Waals surface area contributed by atoms with Gasteiger partial charge in [-0.05, 0) is 24.6 Å². The molecule has 1 aliphatic heterocycles. The minimum atomic E-state index is 0.309. The molecule has 0 bridgehead atoms. The molecular formula is C16H20ClN3O. The zero-order chi connectivity index (χ0) is 15.0. The zero-order valence-corrected chi connectivity index (χ0v) is 13.4. The van der Waals surface area contributed by atoms with Gasteiger partial charge in [0.25, 0.3) is 0 Å². The molecule has 1 atom stereocenters. The van der Waals surface area contributed by atoms with Gasteiger partial charge in [-0.15, -0.1) is 0 Å². The van der Waals surface area contributed by atoms with Crippen molar-refractivity contribution in [1.29, 1.82) is 0 Å². The van der Waals surface area contributed by atoms with Crippen molar-refractivity contribution in [3.8, 4) is 5.75 Å². The van der Waals surface area contributed by atoms with Crippen molar-refractivity contribution in [1.82, 2.24) is 14.5 Å². The van der Waals surface area contributed by atoms with Gasteiger partial charge in [-0.1, -0.05) is 17.7 Å². The van der Waals surface area contributed by atoms with E-state index >= 15 is 0 Å². The van der Waals surface area contributed by atoms with Crippen molar-refractivity contribution in [2.45, 2.75) is 25.9 Å². The molecule has 0 amide bonds. The lowest BCUT2D eigenvalue weighted by Crippen LogP contribution is -2.33. The normalized spacial score (nSPS) is 16.6. The van der Waals surface area contributed by atoms with Crippen molar-refractivity contribution in [2.24, 2.45) is 7.05 Å². The van der Waals surface area contributed by atoms with E-state index in [-0.39, 0.29) is 0 Å². The lowest BCUT2D eigenvalue weighted by Gasteiger charge is -2.32. The number of hydrogen-bond donors (Lipinski definition) is 0. The first kappa shape index (κ1) is 14.4. The van der Waals surface area contributed by atoms with Crippen LogP contribution in [0.2, 0.25) is 5.02 Å². The number of ether oxygens (including phenoxy) is 1. The van der Waals surface area contributed by atoms with E-state index in [0.717, 1.165) is 25.3 Å². The van der Waals surface area contributed by atoms with E-state index in [1.54, 1.807) is 7.11 Å². The molecule has 1 aromatic heterocycles. The van der Waals surface area contributed by atoms with Crippen molar-refractivity contribution in [2.75, 3.05) is 13.7 Å². The van der Waals surface area contributed by atoms with E-state index < -0.39 is 0 Å². The molecule has 0 saturated heterocycles. The van der Waals surface area contributed by atoms with Crippen molar-refractivity contribution >= 4 is 11.6 Å². The number of rotatable bonds is 3. The lowest BCUT2D eigenvalue weighted by atomic mass is 10.0. The Morgan fingerprint density at radius 1 is 1.38 bits per heavy atom. The summed E-state index contributed by atoms with van der Waals surface area (Å²) >= 11 is 6.24. The van der Waals surface area contributed by atoms with Crippen LogP contribution in [0.15, 0.2) is 24.5 Å². The van der Waals surface area contributed by atoms with Crippen LogP contribution in [0, 0.1) is 0 Å². The van der Waals surface area contributed by atoms with Crippen LogP contribution in [-0.2, 0) is 20.0 Å². The smallest absolute Gasteiger partial charge is 0.137 e. The van der Waals surface area contributed by atoms with Gasteiger partial charge in [0.05, 0.1) is 24.2 Å². The number of imidazole rings is 1. The molecular weight excluding hydrogens is 286 g/mol. The summed E-state index contributed by atoms with van der Waals surface area (Å²) in [5.74, 6) is 0.721. The Hall–Kier alpha value is -1.52. The maximum absolute atomic E-state index is 6.24. The zero-order valence-electron chi connectivity index (χ0n) is 12.6. The van der Waals surface area contributed by atoms with Crippen LogP contribution in [-0.4, -0.2) is 28.1 Å². The first-order valence-electron chi connectivity index (χ1n) is 7.16. The second kappa shape index (κ2) is 5.70. The monoisotopic (exact) mass is 305 g/mol. The van der Waals surface area contributed by atoms with Crippen molar-refractivity contribution in [3.63, 3.8) is 0 Å². The second-order valence-electron chi connectivity index (χ2n) is 5.54. The maximum atomic E-state index is 6.24. The molecule has 2 heterocycles. The van der Waals surface area contributed by atoms with E-state index in [2.05, 4.69) is 34.5 Å². The molecule has 4 nitrogen and oxygen atoms in total. The Kier molecular flexibility index (Phi) is 3.91. The standard InChI is InChI=1S/C16H20ClN3O/c1-11(12-4-5-16(21-3)13(17)8-12)20-7-6-15-14(9-20)18-10-19(15)2/h4-5,8,10-11H,6-7,9H2,1-3H3/t11-/m0/s1. The Morgan fingerprint density at radius 3 is 2.90 bits per heavy atom. The van der Waals surface area contributed by atoms with Gasteiger partial charge in [-0.3, -0.25) is 4.90 Å². The molecule has 112 valence electrons. The van der Waals surface area contributed by atoms with E-state index in [4.69, 9.17) is 16.3 Å². The number of nitrogens with zero attached hydrogens (tertiary/aromatic N) is 3. The van der Waals surface area contributed by atoms with Crippen LogP contribution in [0.5, 0.6) is 5.75 Å². The third-order valence-corrected chi connectivity index (χ3v) is 4.64. The molecule has 3 rings (SSSR count). The van der Waals surface area contributed by atoms with Gasteiger partial charge < -0.3 is 9.30 Å². The Bertz CT molecular complexity index is 653. The summed E-state index contributed by atoms with van der Waals surface area (Å²) in [5, 5.41) is 0.664. The third-order valence-electron chi connectivity index (χ3n) is 4.34. The maximum Gasteiger partial charge on any atom is 0.137 e. The van der Waals surface area contributed by atoms with Gasteiger partial charge in [-0.2, -0.15) is 0 Å². The van der Waals surface area contributed by atoms with Crippen LogP contribution < -0.4 is 4.74 Å². The number of halogens is 1. The SMILES string of the molecule is COc1ccc([C@H](C)N2CCc3c(ncn3C)C2)cc1Cl. The van der Waals surface area contributed by atoms with Crippen LogP contribution in [0.25, 0.3) is 0 Å². The molecule has 21 heavy (non-hydrogen) atoms. The summed E-state index contributed by atoms with van der Waals surface area (Å²) in [6.45, 7) is 4.14. The molecule has 0 unspecified atom stereocenters. The van der Waals surface area contributed by atoms with Crippen LogP contribution in [0.1, 0.15) is 29.9 Å². The second-order valence-corrected chi connectivity index (χ2v) is 5.95. The van der Waals surface area contributed by atoms with Crippen LogP contribution >= 0.6 is 11.6 Å². The van der Waals surface area contributed by atoms with Crippen LogP contribution in [0.3, 0.4) is 0 Å². The Labute approximate surface area is 130 Å². The topological polar surface area (TPSA) is 30.3 Å². The predicted molar refractivity (Wildman–Crippen MR) is 83.7 cm³/mol. The van der Waals surface area contributed by atoms with Gasteiger partial charge >= 0.3 is 0 Å². The van der Waals surface area contributed by atoms with E-state index in [1.807, 2.05) is 18.5 Å². The number of methoxy groups -OCH3 is 1. The summed E-state index contributed by atoms with van der Waals surface area (Å²) in [5.41, 5.74) is 3.75. The lowest BCUT2D eigenvalue weighted by molar-refractivity contribution is 0.188. The quantitative estimate of drug-likeness (QED) is 0.872. The van der Waals surface area contributed by atoms with Crippen molar-refractivity contribution in [3.05, 3.63) is 46.5 Å². The number of aromatic nitrogens is 2. The van der Waals surface area contributed by atoms with E-state index in [1.165, 1.54) is 17.0 Å². The molecule has 0 N–H and O–H groups in total. The van der Waals surface area contributed by atoms with Gasteiger partial charge in [0.2, 0.25) is 0 Å². The number of fused-ring (bicyclic) bond motifs is 1. The molecule has 5 heteroatoms.